The third kappa shape index (κ3) is 7.60. The molecule has 1 aliphatic heterocycles. The maximum atomic E-state index is 13.2. The Morgan fingerprint density at radius 3 is 2.38 bits per heavy atom. The fourth-order valence-electron chi connectivity index (χ4n) is 3.95. The van der Waals surface area contributed by atoms with Crippen molar-refractivity contribution in [3.8, 4) is 10.4 Å². The van der Waals surface area contributed by atoms with Crippen LogP contribution in [-0.2, 0) is 4.74 Å². The molecular weight excluding hydrogens is 563 g/mol. The van der Waals surface area contributed by atoms with Gasteiger partial charge in [-0.25, -0.2) is 9.78 Å². The molecule has 3 aromatic rings. The average Bonchev–Trinajstić information content (AvgIpc) is 3.38. The lowest BCUT2D eigenvalue weighted by Crippen LogP contribution is -2.50. The molecule has 0 radical (unpaired) electrons. The van der Waals surface area contributed by atoms with Crippen LogP contribution in [0.25, 0.3) is 10.4 Å². The topological polar surface area (TPSA) is 81.9 Å². The van der Waals surface area contributed by atoms with E-state index in [4.69, 9.17) is 21.7 Å². The Balaban J connectivity index is 1.48. The van der Waals surface area contributed by atoms with Crippen LogP contribution >= 0.6 is 22.9 Å². The molecule has 0 unspecified atom stereocenters. The quantitative estimate of drug-likeness (QED) is 0.299. The SMILES string of the molecule is CC(C)(C)OC(=O)N1CCN(c2ccc(-c3ccc(C(CC(=N)C(F)(F)F)=Nc4ccccc4Cl)s3)cn2)CC1. The molecule has 1 aromatic carbocycles. The molecule has 0 bridgehead atoms. The number of hydrogen-bond acceptors (Lipinski definition) is 7. The summed E-state index contributed by atoms with van der Waals surface area (Å²) in [5, 5.41) is 7.84. The van der Waals surface area contributed by atoms with E-state index in [0.717, 1.165) is 16.3 Å². The predicted molar refractivity (Wildman–Crippen MR) is 154 cm³/mol. The number of amides is 1. The Morgan fingerprint density at radius 2 is 1.77 bits per heavy atom. The van der Waals surface area contributed by atoms with Gasteiger partial charge in [0, 0.05) is 54.1 Å². The van der Waals surface area contributed by atoms with Gasteiger partial charge in [0.25, 0.3) is 0 Å². The van der Waals surface area contributed by atoms with E-state index >= 15 is 0 Å². The number of piperazine rings is 1. The molecule has 4 rings (SSSR count). The van der Waals surface area contributed by atoms with Crippen LogP contribution in [0.4, 0.5) is 29.5 Å². The molecule has 7 nitrogen and oxygen atoms in total. The minimum absolute atomic E-state index is 0.110. The van der Waals surface area contributed by atoms with Gasteiger partial charge >= 0.3 is 12.3 Å². The summed E-state index contributed by atoms with van der Waals surface area (Å²) in [6.45, 7) is 7.78. The highest BCUT2D eigenvalue weighted by Crippen LogP contribution is 2.33. The second-order valence-electron chi connectivity index (χ2n) is 10.2. The first-order valence-corrected chi connectivity index (χ1v) is 13.8. The summed E-state index contributed by atoms with van der Waals surface area (Å²) < 4.78 is 45.0. The molecule has 0 atom stereocenters. The number of para-hydroxylation sites is 1. The molecule has 1 amide bonds. The Morgan fingerprint density at radius 1 is 1.07 bits per heavy atom. The number of pyridine rings is 1. The van der Waals surface area contributed by atoms with E-state index in [0.29, 0.717) is 41.8 Å². The highest BCUT2D eigenvalue weighted by Gasteiger charge is 2.35. The molecule has 1 N–H and O–H groups in total. The number of ether oxygens (including phenoxy) is 1. The minimum atomic E-state index is -4.75. The zero-order chi connectivity index (χ0) is 29.1. The number of anilines is 1. The Kier molecular flexibility index (Phi) is 8.84. The molecule has 0 spiro atoms. The maximum Gasteiger partial charge on any atom is 0.429 e. The third-order valence-electron chi connectivity index (χ3n) is 5.97. The smallest absolute Gasteiger partial charge is 0.429 e. The monoisotopic (exact) mass is 591 g/mol. The van der Waals surface area contributed by atoms with E-state index in [1.165, 1.54) is 11.3 Å². The van der Waals surface area contributed by atoms with Crippen LogP contribution in [0.1, 0.15) is 32.1 Å². The van der Waals surface area contributed by atoms with Crippen molar-refractivity contribution in [3.05, 3.63) is 64.6 Å². The summed E-state index contributed by atoms with van der Waals surface area (Å²) >= 11 is 7.47. The van der Waals surface area contributed by atoms with Gasteiger partial charge in [0.1, 0.15) is 17.1 Å². The van der Waals surface area contributed by atoms with Crippen molar-refractivity contribution in [2.45, 2.75) is 39.0 Å². The summed E-state index contributed by atoms with van der Waals surface area (Å²) in [5.41, 5.74) is -0.684. The van der Waals surface area contributed by atoms with Gasteiger partial charge in [0.15, 0.2) is 0 Å². The number of aromatic nitrogens is 1. The van der Waals surface area contributed by atoms with E-state index in [2.05, 4.69) is 14.9 Å². The number of aliphatic imine (C=N–C) groups is 1. The number of rotatable bonds is 6. The molecule has 2 aromatic heterocycles. The van der Waals surface area contributed by atoms with Crippen LogP contribution in [0.2, 0.25) is 5.02 Å². The largest absolute Gasteiger partial charge is 0.444 e. The lowest BCUT2D eigenvalue weighted by Gasteiger charge is -2.36. The molecule has 40 heavy (non-hydrogen) atoms. The molecule has 12 heteroatoms. The first-order valence-electron chi connectivity index (χ1n) is 12.6. The highest BCUT2D eigenvalue weighted by molar-refractivity contribution is 7.17. The molecule has 1 saturated heterocycles. The van der Waals surface area contributed by atoms with Crippen LogP contribution in [0.15, 0.2) is 59.7 Å². The van der Waals surface area contributed by atoms with E-state index in [9.17, 15) is 18.0 Å². The number of hydrogen-bond donors (Lipinski definition) is 1. The molecular formula is C28H29ClF3N5O2S. The highest BCUT2D eigenvalue weighted by atomic mass is 35.5. The first kappa shape index (κ1) is 29.5. The van der Waals surface area contributed by atoms with Gasteiger partial charge in [-0.2, -0.15) is 13.2 Å². The van der Waals surface area contributed by atoms with Gasteiger partial charge in [0.05, 0.1) is 16.4 Å². The van der Waals surface area contributed by atoms with Crippen molar-refractivity contribution in [3.63, 3.8) is 0 Å². The third-order valence-corrected chi connectivity index (χ3v) is 7.48. The molecule has 1 aliphatic rings. The van der Waals surface area contributed by atoms with Gasteiger partial charge in [-0.3, -0.25) is 4.99 Å². The van der Waals surface area contributed by atoms with E-state index in [-0.39, 0.29) is 11.8 Å². The van der Waals surface area contributed by atoms with E-state index < -0.39 is 23.9 Å². The van der Waals surface area contributed by atoms with Gasteiger partial charge in [0.2, 0.25) is 0 Å². The summed E-state index contributed by atoms with van der Waals surface area (Å²) in [6, 6.07) is 13.9. The standard InChI is InChI=1S/C28H29ClF3N5O2S/c1-27(2,3)39-26(38)37-14-12-36(13-15-37)25-11-8-18(17-34-25)22-9-10-23(40-22)21(16-24(33)28(30,31)32)35-20-7-5-4-6-19(20)29/h4-11,17,33H,12-16H2,1-3H3. The fourth-order valence-corrected chi connectivity index (χ4v) is 5.11. The molecule has 0 saturated carbocycles. The predicted octanol–water partition coefficient (Wildman–Crippen LogP) is 7.61. The Hall–Kier alpha value is -3.44. The number of thiophene rings is 1. The van der Waals surface area contributed by atoms with Gasteiger partial charge in [-0.15, -0.1) is 11.3 Å². The number of carbonyl (C=O) groups excluding carboxylic acids is 1. The Bertz CT molecular complexity index is 1390. The molecule has 212 valence electrons. The summed E-state index contributed by atoms with van der Waals surface area (Å²) in [4.78, 5) is 26.4. The number of benzene rings is 1. The zero-order valence-electron chi connectivity index (χ0n) is 22.3. The lowest BCUT2D eigenvalue weighted by molar-refractivity contribution is -0.0605. The van der Waals surface area contributed by atoms with Crippen molar-refractivity contribution in [2.75, 3.05) is 31.1 Å². The van der Waals surface area contributed by atoms with Gasteiger partial charge in [-0.1, -0.05) is 23.7 Å². The number of halogens is 4. The number of alkyl halides is 3. The normalized spacial score (nSPS) is 14.8. The fraction of sp³-hybridized carbons (Fsp3) is 0.357. The van der Waals surface area contributed by atoms with Crippen LogP contribution in [0, 0.1) is 5.41 Å². The molecule has 3 heterocycles. The van der Waals surface area contributed by atoms with Crippen LogP contribution < -0.4 is 4.90 Å². The average molecular weight is 592 g/mol. The summed E-state index contributed by atoms with van der Waals surface area (Å²) in [5.74, 6) is 0.768. The van der Waals surface area contributed by atoms with Crippen molar-refractivity contribution in [1.82, 2.24) is 9.88 Å². The van der Waals surface area contributed by atoms with Crippen LogP contribution in [0.5, 0.6) is 0 Å². The van der Waals surface area contributed by atoms with E-state index in [1.54, 1.807) is 47.5 Å². The van der Waals surface area contributed by atoms with Gasteiger partial charge < -0.3 is 19.9 Å². The van der Waals surface area contributed by atoms with Crippen molar-refractivity contribution >= 4 is 52.0 Å². The van der Waals surface area contributed by atoms with Crippen molar-refractivity contribution in [2.24, 2.45) is 4.99 Å². The number of carbonyl (C=O) groups is 1. The first-order chi connectivity index (χ1) is 18.8. The number of nitrogens with zero attached hydrogens (tertiary/aromatic N) is 4. The molecule has 1 fully saturated rings. The Labute approximate surface area is 239 Å². The van der Waals surface area contributed by atoms with Crippen LogP contribution in [-0.4, -0.2) is 65.4 Å². The maximum absolute atomic E-state index is 13.2. The lowest BCUT2D eigenvalue weighted by atomic mass is 10.1. The van der Waals surface area contributed by atoms with Crippen LogP contribution in [0.3, 0.4) is 0 Å². The summed E-state index contributed by atoms with van der Waals surface area (Å²) in [7, 11) is 0. The molecule has 0 aliphatic carbocycles. The second kappa shape index (κ2) is 12.0. The van der Waals surface area contributed by atoms with Crippen molar-refractivity contribution in [1.29, 1.82) is 5.41 Å². The van der Waals surface area contributed by atoms with Gasteiger partial charge in [-0.05, 0) is 57.2 Å². The zero-order valence-corrected chi connectivity index (χ0v) is 23.8. The van der Waals surface area contributed by atoms with Crippen molar-refractivity contribution < 1.29 is 22.7 Å². The van der Waals surface area contributed by atoms with E-state index in [1.807, 2.05) is 32.9 Å². The number of nitrogens with one attached hydrogen (secondary N) is 1. The minimum Gasteiger partial charge on any atom is -0.444 e. The summed E-state index contributed by atoms with van der Waals surface area (Å²) in [6.07, 6.45) is -4.04. The second-order valence-corrected chi connectivity index (χ2v) is 11.7.